The molecule has 2 heterocycles. The number of aromatic nitrogens is 1. The second-order valence-electron chi connectivity index (χ2n) is 4.01. The van der Waals surface area contributed by atoms with E-state index in [1.807, 2.05) is 6.07 Å². The summed E-state index contributed by atoms with van der Waals surface area (Å²) in [6.45, 7) is 8.93. The molecule has 1 unspecified atom stereocenters. The number of likely N-dealkylation sites (N-methyl/N-ethyl adjacent to an activating group) is 1. The highest BCUT2D eigenvalue weighted by molar-refractivity contribution is 7.10. The average Bonchev–Trinajstić information content (AvgIpc) is 2.65. The Morgan fingerprint density at radius 3 is 2.93 bits per heavy atom. The Balaban J connectivity index is 2.02. The van der Waals surface area contributed by atoms with Crippen LogP contribution in [0.15, 0.2) is 6.07 Å². The third-order valence-electron chi connectivity index (χ3n) is 3.00. The van der Waals surface area contributed by atoms with Gasteiger partial charge in [-0.15, -0.1) is 0 Å². The minimum Gasteiger partial charge on any atom is -0.383 e. The van der Waals surface area contributed by atoms with Crippen LogP contribution in [0.25, 0.3) is 0 Å². The van der Waals surface area contributed by atoms with Crippen LogP contribution in [0, 0.1) is 0 Å². The van der Waals surface area contributed by atoms with Gasteiger partial charge in [-0.2, -0.15) is 4.37 Å². The molecule has 0 spiro atoms. The molecule has 1 aromatic rings. The smallest absolute Gasteiger partial charge is 0.139 e. The van der Waals surface area contributed by atoms with Crippen LogP contribution in [0.5, 0.6) is 0 Å². The lowest BCUT2D eigenvalue weighted by Crippen LogP contribution is -2.51. The fraction of sp³-hybridized carbons (Fsp3) is 0.700. The molecule has 0 aliphatic carbocycles. The van der Waals surface area contributed by atoms with Gasteiger partial charge in [0.05, 0.1) is 0 Å². The maximum atomic E-state index is 5.64. The number of nitrogens with two attached hydrogens (primary N) is 1. The maximum absolute atomic E-state index is 5.64. The van der Waals surface area contributed by atoms with Crippen molar-refractivity contribution in [2.45, 2.75) is 19.9 Å². The highest BCUT2D eigenvalue weighted by Crippen LogP contribution is 2.25. The lowest BCUT2D eigenvalue weighted by atomic mass is 10.2. The quantitative estimate of drug-likeness (QED) is 0.824. The van der Waals surface area contributed by atoms with Crippen LogP contribution in [-0.4, -0.2) is 41.5 Å². The van der Waals surface area contributed by atoms with Gasteiger partial charge in [0.2, 0.25) is 0 Å². The maximum Gasteiger partial charge on any atom is 0.139 e. The molecule has 1 fully saturated rings. The Morgan fingerprint density at radius 2 is 2.40 bits per heavy atom. The third-order valence-corrected chi connectivity index (χ3v) is 3.86. The molecule has 84 valence electrons. The van der Waals surface area contributed by atoms with Gasteiger partial charge >= 0.3 is 0 Å². The number of rotatable bonds is 2. The summed E-state index contributed by atoms with van der Waals surface area (Å²) in [6.07, 6.45) is 0. The molecule has 0 bridgehead atoms. The number of anilines is 2. The van der Waals surface area contributed by atoms with Gasteiger partial charge in [0, 0.05) is 31.7 Å². The molecule has 2 rings (SSSR count). The van der Waals surface area contributed by atoms with Gasteiger partial charge < -0.3 is 10.6 Å². The first-order valence-electron chi connectivity index (χ1n) is 5.42. The van der Waals surface area contributed by atoms with Gasteiger partial charge in [-0.3, -0.25) is 4.90 Å². The average molecular weight is 226 g/mol. The highest BCUT2D eigenvalue weighted by atomic mass is 32.1. The van der Waals surface area contributed by atoms with Crippen LogP contribution in [-0.2, 0) is 0 Å². The predicted octanol–water partition coefficient (Wildman–Crippen LogP) is 1.26. The van der Waals surface area contributed by atoms with Crippen molar-refractivity contribution in [1.29, 1.82) is 0 Å². The molecule has 1 aromatic heterocycles. The molecule has 15 heavy (non-hydrogen) atoms. The van der Waals surface area contributed by atoms with Crippen LogP contribution >= 0.6 is 11.5 Å². The fourth-order valence-electron chi connectivity index (χ4n) is 2.09. The van der Waals surface area contributed by atoms with Gasteiger partial charge in [-0.1, -0.05) is 6.92 Å². The van der Waals surface area contributed by atoms with Crippen LogP contribution in [0.3, 0.4) is 0 Å². The first-order chi connectivity index (χ1) is 7.20. The molecule has 4 nitrogen and oxygen atoms in total. The van der Waals surface area contributed by atoms with Crippen molar-refractivity contribution < 1.29 is 0 Å². The summed E-state index contributed by atoms with van der Waals surface area (Å²) in [6, 6.07) is 2.59. The van der Waals surface area contributed by atoms with E-state index in [-0.39, 0.29) is 0 Å². The third kappa shape index (κ3) is 2.23. The molecule has 1 aliphatic heterocycles. The van der Waals surface area contributed by atoms with Crippen LogP contribution in [0.4, 0.5) is 10.8 Å². The normalized spacial score (nSPS) is 23.3. The predicted molar refractivity (Wildman–Crippen MR) is 65.4 cm³/mol. The van der Waals surface area contributed by atoms with E-state index < -0.39 is 0 Å². The minimum absolute atomic E-state index is 0.618. The zero-order valence-corrected chi connectivity index (χ0v) is 10.1. The van der Waals surface area contributed by atoms with Crippen molar-refractivity contribution >= 4 is 22.4 Å². The van der Waals surface area contributed by atoms with Gasteiger partial charge in [-0.25, -0.2) is 0 Å². The topological polar surface area (TPSA) is 45.4 Å². The van der Waals surface area contributed by atoms with Crippen molar-refractivity contribution in [3.63, 3.8) is 0 Å². The second-order valence-corrected chi connectivity index (χ2v) is 4.80. The molecule has 1 aliphatic rings. The zero-order chi connectivity index (χ0) is 10.8. The summed E-state index contributed by atoms with van der Waals surface area (Å²) >= 11 is 1.50. The first-order valence-corrected chi connectivity index (χ1v) is 6.19. The van der Waals surface area contributed by atoms with Crippen molar-refractivity contribution in [3.05, 3.63) is 6.07 Å². The summed E-state index contributed by atoms with van der Waals surface area (Å²) in [5, 5.41) is 1.20. The molecular formula is C10H18N4S. The van der Waals surface area contributed by atoms with Gasteiger partial charge in [0.15, 0.2) is 0 Å². The highest BCUT2D eigenvalue weighted by Gasteiger charge is 2.23. The van der Waals surface area contributed by atoms with Gasteiger partial charge in [-0.05, 0) is 25.0 Å². The number of nitrogen functional groups attached to an aromatic ring is 1. The Labute approximate surface area is 94.8 Å². The number of hydrogen-bond donors (Lipinski definition) is 1. The van der Waals surface area contributed by atoms with E-state index in [2.05, 4.69) is 28.0 Å². The van der Waals surface area contributed by atoms with E-state index >= 15 is 0 Å². The first kappa shape index (κ1) is 10.7. The summed E-state index contributed by atoms with van der Waals surface area (Å²) < 4.78 is 4.12. The van der Waals surface area contributed by atoms with Crippen LogP contribution in [0.1, 0.15) is 13.8 Å². The largest absolute Gasteiger partial charge is 0.383 e. The molecule has 5 heteroatoms. The molecule has 0 aromatic carbocycles. The monoisotopic (exact) mass is 226 g/mol. The minimum atomic E-state index is 0.618. The Morgan fingerprint density at radius 1 is 1.60 bits per heavy atom. The Bertz CT molecular complexity index is 325. The van der Waals surface area contributed by atoms with Crippen molar-refractivity contribution in [3.8, 4) is 0 Å². The number of nitrogens with zero attached hydrogens (tertiary/aromatic N) is 3. The standard InChI is InChI=1S/C10H18N4S/c1-3-13-4-5-14(7-8(13)2)10-6-9(11)12-15-10/h6,8H,3-5,7H2,1-2H3,(H2,11,12). The number of piperazine rings is 1. The lowest BCUT2D eigenvalue weighted by molar-refractivity contribution is 0.200. The summed E-state index contributed by atoms with van der Waals surface area (Å²) in [7, 11) is 0. The van der Waals surface area contributed by atoms with Crippen LogP contribution < -0.4 is 10.6 Å². The van der Waals surface area contributed by atoms with E-state index in [0.717, 1.165) is 26.2 Å². The molecule has 1 atom stereocenters. The van der Waals surface area contributed by atoms with Gasteiger partial charge in [0.25, 0.3) is 0 Å². The van der Waals surface area contributed by atoms with Crippen molar-refractivity contribution in [2.75, 3.05) is 36.8 Å². The van der Waals surface area contributed by atoms with E-state index in [0.29, 0.717) is 11.9 Å². The molecule has 0 radical (unpaired) electrons. The Hall–Kier alpha value is -0.810. The van der Waals surface area contributed by atoms with E-state index in [4.69, 9.17) is 5.73 Å². The SMILES string of the molecule is CCN1CCN(c2cc(N)ns2)CC1C. The van der Waals surface area contributed by atoms with Crippen molar-refractivity contribution in [1.82, 2.24) is 9.27 Å². The molecular weight excluding hydrogens is 208 g/mol. The summed E-state index contributed by atoms with van der Waals surface area (Å²) in [5.41, 5.74) is 5.64. The molecule has 0 saturated carbocycles. The van der Waals surface area contributed by atoms with Crippen molar-refractivity contribution in [2.24, 2.45) is 0 Å². The van der Waals surface area contributed by atoms with E-state index in [1.54, 1.807) is 0 Å². The fourth-order valence-corrected chi connectivity index (χ4v) is 2.80. The lowest BCUT2D eigenvalue weighted by Gasteiger charge is -2.39. The van der Waals surface area contributed by atoms with Crippen LogP contribution in [0.2, 0.25) is 0 Å². The van der Waals surface area contributed by atoms with Gasteiger partial charge in [0.1, 0.15) is 10.8 Å². The molecule has 0 amide bonds. The van der Waals surface area contributed by atoms with E-state index in [1.165, 1.54) is 16.5 Å². The summed E-state index contributed by atoms with van der Waals surface area (Å²) in [5.74, 6) is 0.639. The second kappa shape index (κ2) is 4.37. The number of hydrogen-bond acceptors (Lipinski definition) is 5. The summed E-state index contributed by atoms with van der Waals surface area (Å²) in [4.78, 5) is 4.88. The molecule has 2 N–H and O–H groups in total. The molecule has 1 saturated heterocycles. The zero-order valence-electron chi connectivity index (χ0n) is 9.31. The Kier molecular flexibility index (Phi) is 3.11. The van der Waals surface area contributed by atoms with E-state index in [9.17, 15) is 0 Å².